The lowest BCUT2D eigenvalue weighted by Crippen LogP contribution is -2.23. The van der Waals surface area contributed by atoms with E-state index >= 15 is 0 Å². The molecule has 1 aliphatic heterocycles. The van der Waals surface area contributed by atoms with Gasteiger partial charge in [-0.25, -0.2) is 0 Å². The summed E-state index contributed by atoms with van der Waals surface area (Å²) in [6.45, 7) is 11.4. The van der Waals surface area contributed by atoms with Gasteiger partial charge in [0.25, 0.3) is 0 Å². The molecule has 0 bridgehead atoms. The van der Waals surface area contributed by atoms with Crippen molar-refractivity contribution >= 4 is 11.9 Å². The van der Waals surface area contributed by atoms with Gasteiger partial charge in [0.1, 0.15) is 6.10 Å². The van der Waals surface area contributed by atoms with Crippen molar-refractivity contribution in [3.05, 3.63) is 24.3 Å². The number of ether oxygens (including phenoxy) is 4. The molecule has 1 heterocycles. The molecule has 1 atom stereocenters. The first-order valence-electron chi connectivity index (χ1n) is 18.2. The molecule has 1 saturated heterocycles. The number of hydrogen-bond donors (Lipinski definition) is 0. The Kier molecular flexibility index (Phi) is 27.5. The highest BCUT2D eigenvalue weighted by Crippen LogP contribution is 2.16. The Morgan fingerprint density at radius 3 is 1.89 bits per heavy atom. The average molecular weight is 622 g/mol. The predicted molar refractivity (Wildman–Crippen MR) is 181 cm³/mol. The molecule has 1 aliphatic rings. The number of carbonyl (C=O) groups is 2. The highest BCUT2D eigenvalue weighted by molar-refractivity contribution is 5.69. The van der Waals surface area contributed by atoms with Crippen LogP contribution in [-0.4, -0.2) is 68.7 Å². The number of unbranched alkanes of at least 4 members (excludes halogenated alkanes) is 6. The monoisotopic (exact) mass is 621 g/mol. The van der Waals surface area contributed by atoms with E-state index in [-0.39, 0.29) is 30.8 Å². The van der Waals surface area contributed by atoms with Gasteiger partial charge >= 0.3 is 11.9 Å². The van der Waals surface area contributed by atoms with E-state index in [0.29, 0.717) is 32.7 Å². The summed E-state index contributed by atoms with van der Waals surface area (Å²) < 4.78 is 23.4. The number of carbonyl (C=O) groups excluding carboxylic acids is 2. The van der Waals surface area contributed by atoms with Gasteiger partial charge in [-0.3, -0.25) is 9.59 Å². The molecule has 0 aliphatic carbocycles. The summed E-state index contributed by atoms with van der Waals surface area (Å²) in [7, 11) is 0. The molecule has 0 spiro atoms. The molecule has 0 radical (unpaired) electrons. The summed E-state index contributed by atoms with van der Waals surface area (Å²) in [5, 5.41) is 0. The molecule has 44 heavy (non-hydrogen) atoms. The molecular weight excluding hydrogens is 554 g/mol. The summed E-state index contributed by atoms with van der Waals surface area (Å²) in [6.07, 6.45) is 27.1. The summed E-state index contributed by atoms with van der Waals surface area (Å²) in [4.78, 5) is 27.3. The summed E-state index contributed by atoms with van der Waals surface area (Å²) in [5.41, 5.74) is 0. The van der Waals surface area contributed by atoms with Crippen LogP contribution in [0.3, 0.4) is 0 Å². The third kappa shape index (κ3) is 24.6. The first kappa shape index (κ1) is 40.3. The van der Waals surface area contributed by atoms with E-state index in [4.69, 9.17) is 18.9 Å². The van der Waals surface area contributed by atoms with Crippen LogP contribution >= 0.6 is 0 Å². The maximum atomic E-state index is 12.5. The van der Waals surface area contributed by atoms with Crippen molar-refractivity contribution < 1.29 is 28.5 Å². The van der Waals surface area contributed by atoms with Gasteiger partial charge < -0.3 is 23.8 Å². The van der Waals surface area contributed by atoms with Crippen LogP contribution in [0.5, 0.6) is 0 Å². The zero-order valence-corrected chi connectivity index (χ0v) is 28.7. The molecule has 1 fully saturated rings. The third-order valence-corrected chi connectivity index (χ3v) is 7.94. The van der Waals surface area contributed by atoms with E-state index in [0.717, 1.165) is 116 Å². The van der Waals surface area contributed by atoms with Crippen LogP contribution in [0.15, 0.2) is 24.3 Å². The molecule has 0 saturated carbocycles. The Morgan fingerprint density at radius 2 is 1.27 bits per heavy atom. The second-order valence-corrected chi connectivity index (χ2v) is 12.1. The van der Waals surface area contributed by atoms with Crippen LogP contribution in [0.2, 0.25) is 0 Å². The Bertz CT molecular complexity index is 710. The summed E-state index contributed by atoms with van der Waals surface area (Å²) in [5.74, 6) is -0.277. The Hall–Kier alpha value is -1.70. The molecule has 0 aromatic carbocycles. The van der Waals surface area contributed by atoms with E-state index in [1.807, 2.05) is 0 Å². The topological polar surface area (TPSA) is 74.3 Å². The molecule has 1 rings (SSSR count). The minimum Gasteiger partial charge on any atom is -0.466 e. The van der Waals surface area contributed by atoms with Crippen LogP contribution in [0.4, 0.5) is 0 Å². The van der Waals surface area contributed by atoms with E-state index in [9.17, 15) is 9.59 Å². The Morgan fingerprint density at radius 1 is 0.659 bits per heavy atom. The molecule has 256 valence electrons. The van der Waals surface area contributed by atoms with Gasteiger partial charge in [-0.05, 0) is 116 Å². The lowest BCUT2D eigenvalue weighted by Gasteiger charge is -2.19. The minimum absolute atomic E-state index is 0.0367. The second-order valence-electron chi connectivity index (χ2n) is 12.1. The quantitative estimate of drug-likeness (QED) is 0.0343. The van der Waals surface area contributed by atoms with Crippen LogP contribution in [-0.2, 0) is 28.5 Å². The fourth-order valence-corrected chi connectivity index (χ4v) is 5.30. The maximum Gasteiger partial charge on any atom is 0.306 e. The van der Waals surface area contributed by atoms with E-state index in [1.54, 1.807) is 0 Å². The Balaban J connectivity index is 2.28. The van der Waals surface area contributed by atoms with Gasteiger partial charge in [-0.15, -0.1) is 0 Å². The number of esters is 2. The first-order chi connectivity index (χ1) is 21.6. The maximum absolute atomic E-state index is 12.5. The van der Waals surface area contributed by atoms with Gasteiger partial charge in [0, 0.05) is 26.1 Å². The third-order valence-electron chi connectivity index (χ3n) is 7.94. The van der Waals surface area contributed by atoms with Crippen molar-refractivity contribution in [3.8, 4) is 0 Å². The fourth-order valence-electron chi connectivity index (χ4n) is 5.30. The molecule has 0 aromatic rings. The number of nitrogens with zero attached hydrogens (tertiary/aromatic N) is 1. The molecular formula is C37H67NO6. The zero-order valence-electron chi connectivity index (χ0n) is 28.7. The van der Waals surface area contributed by atoms with Crippen LogP contribution in [0.1, 0.15) is 149 Å². The summed E-state index contributed by atoms with van der Waals surface area (Å²) in [6, 6.07) is 0. The lowest BCUT2D eigenvalue weighted by molar-refractivity contribution is -0.159. The lowest BCUT2D eigenvalue weighted by atomic mass is 10.1. The zero-order chi connectivity index (χ0) is 31.9. The largest absolute Gasteiger partial charge is 0.466 e. The molecule has 7 heteroatoms. The number of rotatable bonds is 30. The van der Waals surface area contributed by atoms with Crippen molar-refractivity contribution in [3.63, 3.8) is 0 Å². The number of allylic oxidation sites excluding steroid dienone is 4. The standard InChI is InChI=1S/C37H67NO6/c1-4-7-10-12-14-19-32-42-37(43-33-20-15-13-11-8-5-2)27-26-35(39)41-31-21-16-24-34(23-9-6-3)44-36(40)25-22-30-38-28-17-18-29-38/h7-8,10-11,34,37H,4-6,9,12-33H2,1-3H3/b10-7-,11-8-. The van der Waals surface area contributed by atoms with Crippen LogP contribution < -0.4 is 0 Å². The van der Waals surface area contributed by atoms with Gasteiger partial charge in [0.15, 0.2) is 6.29 Å². The van der Waals surface area contributed by atoms with Crippen LogP contribution in [0.25, 0.3) is 0 Å². The molecule has 0 amide bonds. The molecule has 1 unspecified atom stereocenters. The molecule has 0 N–H and O–H groups in total. The van der Waals surface area contributed by atoms with E-state index < -0.39 is 0 Å². The van der Waals surface area contributed by atoms with Gasteiger partial charge in [-0.1, -0.05) is 57.9 Å². The fraction of sp³-hybridized carbons (Fsp3) is 0.838. The number of likely N-dealkylation sites (tertiary alicyclic amines) is 1. The van der Waals surface area contributed by atoms with E-state index in [1.165, 1.54) is 12.8 Å². The molecule has 7 nitrogen and oxygen atoms in total. The van der Waals surface area contributed by atoms with E-state index in [2.05, 4.69) is 50.0 Å². The Labute approximate surface area is 270 Å². The first-order valence-corrected chi connectivity index (χ1v) is 18.2. The van der Waals surface area contributed by atoms with Crippen molar-refractivity contribution in [1.29, 1.82) is 0 Å². The van der Waals surface area contributed by atoms with Crippen molar-refractivity contribution in [2.75, 3.05) is 39.5 Å². The van der Waals surface area contributed by atoms with Crippen molar-refractivity contribution in [1.82, 2.24) is 4.90 Å². The SMILES string of the molecule is CC/C=C\CCCCOC(CCC(=O)OCCCCC(CCCC)OC(=O)CCCN1CCCC1)OCCCC/C=C\CC. The smallest absolute Gasteiger partial charge is 0.306 e. The van der Waals surface area contributed by atoms with Gasteiger partial charge in [0.05, 0.1) is 13.0 Å². The predicted octanol–water partition coefficient (Wildman–Crippen LogP) is 9.09. The highest BCUT2D eigenvalue weighted by atomic mass is 16.7. The molecule has 0 aromatic heterocycles. The average Bonchev–Trinajstić information content (AvgIpc) is 3.54. The van der Waals surface area contributed by atoms with Crippen molar-refractivity contribution in [2.24, 2.45) is 0 Å². The summed E-state index contributed by atoms with van der Waals surface area (Å²) >= 11 is 0. The highest BCUT2D eigenvalue weighted by Gasteiger charge is 2.17. The normalized spacial score (nSPS) is 14.7. The van der Waals surface area contributed by atoms with Crippen LogP contribution in [0, 0.1) is 0 Å². The van der Waals surface area contributed by atoms with Crippen molar-refractivity contribution in [2.45, 2.75) is 162 Å². The number of hydrogen-bond acceptors (Lipinski definition) is 7. The van der Waals surface area contributed by atoms with Gasteiger partial charge in [-0.2, -0.15) is 0 Å². The van der Waals surface area contributed by atoms with Gasteiger partial charge in [0.2, 0.25) is 0 Å². The minimum atomic E-state index is -0.371. The second kappa shape index (κ2) is 30.0.